The minimum atomic E-state index is 0. The SMILES string of the molecule is Cl.Cl.Cl.Cn1c(-c2cn3c4ccccc4n(CCN4CCOCC4)c3n2)nc2ccccc21. The highest BCUT2D eigenvalue weighted by Crippen LogP contribution is 2.27. The summed E-state index contributed by atoms with van der Waals surface area (Å²) < 4.78 is 12.1. The van der Waals surface area contributed by atoms with Crippen LogP contribution >= 0.6 is 37.2 Å². The van der Waals surface area contributed by atoms with Crippen molar-refractivity contribution in [3.63, 3.8) is 0 Å². The minimum absolute atomic E-state index is 0. The van der Waals surface area contributed by atoms with E-state index in [1.165, 1.54) is 11.0 Å². The van der Waals surface area contributed by atoms with Gasteiger partial charge in [0.15, 0.2) is 5.82 Å². The second-order valence-corrected chi connectivity index (χ2v) is 7.87. The predicted molar refractivity (Wildman–Crippen MR) is 139 cm³/mol. The molecule has 1 aliphatic heterocycles. The Kier molecular flexibility index (Phi) is 7.92. The highest BCUT2D eigenvalue weighted by atomic mass is 35.5. The van der Waals surface area contributed by atoms with Crippen molar-refractivity contribution in [2.75, 3.05) is 32.8 Å². The van der Waals surface area contributed by atoms with E-state index in [9.17, 15) is 0 Å². The number of aromatic nitrogens is 5. The lowest BCUT2D eigenvalue weighted by Crippen LogP contribution is -2.38. The van der Waals surface area contributed by atoms with E-state index >= 15 is 0 Å². The summed E-state index contributed by atoms with van der Waals surface area (Å²) in [7, 11) is 2.05. The van der Waals surface area contributed by atoms with Gasteiger partial charge in [-0.2, -0.15) is 0 Å². The van der Waals surface area contributed by atoms with Crippen molar-refractivity contribution in [2.24, 2.45) is 7.05 Å². The Bertz CT molecular complexity index is 1370. The van der Waals surface area contributed by atoms with Gasteiger partial charge in [-0.25, -0.2) is 9.97 Å². The highest BCUT2D eigenvalue weighted by Gasteiger charge is 2.19. The van der Waals surface area contributed by atoms with Gasteiger partial charge in [-0.15, -0.1) is 37.2 Å². The summed E-state index contributed by atoms with van der Waals surface area (Å²) in [5, 5.41) is 0. The molecule has 0 saturated carbocycles. The lowest BCUT2D eigenvalue weighted by Gasteiger charge is -2.26. The van der Waals surface area contributed by atoms with Crippen LogP contribution in [0.1, 0.15) is 0 Å². The fourth-order valence-electron chi connectivity index (χ4n) is 4.51. The fourth-order valence-corrected chi connectivity index (χ4v) is 4.51. The van der Waals surface area contributed by atoms with Crippen molar-refractivity contribution in [1.82, 2.24) is 28.4 Å². The zero-order valence-electron chi connectivity index (χ0n) is 18.3. The maximum absolute atomic E-state index is 5.49. The molecule has 33 heavy (non-hydrogen) atoms. The number of morpholine rings is 1. The molecule has 0 aliphatic carbocycles. The van der Waals surface area contributed by atoms with Crippen LogP contribution < -0.4 is 0 Å². The van der Waals surface area contributed by atoms with Crippen molar-refractivity contribution in [2.45, 2.75) is 6.54 Å². The molecule has 10 heteroatoms. The molecule has 0 bridgehead atoms. The molecule has 4 heterocycles. The van der Waals surface area contributed by atoms with E-state index < -0.39 is 0 Å². The molecule has 0 unspecified atom stereocenters. The van der Waals surface area contributed by atoms with Crippen LogP contribution in [0, 0.1) is 0 Å². The third-order valence-electron chi connectivity index (χ3n) is 6.12. The molecule has 6 rings (SSSR count). The Hall–Kier alpha value is -2.29. The molecule has 3 aromatic heterocycles. The molecule has 0 atom stereocenters. The van der Waals surface area contributed by atoms with Crippen molar-refractivity contribution >= 4 is 65.1 Å². The molecule has 1 saturated heterocycles. The Morgan fingerprint density at radius 3 is 2.21 bits per heavy atom. The van der Waals surface area contributed by atoms with Gasteiger partial charge >= 0.3 is 0 Å². The number of aryl methyl sites for hydroxylation is 1. The van der Waals surface area contributed by atoms with E-state index in [0.29, 0.717) is 0 Å². The maximum atomic E-state index is 5.49. The number of benzene rings is 2. The quantitative estimate of drug-likeness (QED) is 0.359. The Labute approximate surface area is 210 Å². The maximum Gasteiger partial charge on any atom is 0.215 e. The minimum Gasteiger partial charge on any atom is -0.379 e. The van der Waals surface area contributed by atoms with Gasteiger partial charge in [0.25, 0.3) is 0 Å². The van der Waals surface area contributed by atoms with Crippen LogP contribution in [0.4, 0.5) is 0 Å². The smallest absolute Gasteiger partial charge is 0.215 e. The first-order valence-electron chi connectivity index (χ1n) is 10.5. The van der Waals surface area contributed by atoms with Crippen molar-refractivity contribution in [3.05, 3.63) is 54.7 Å². The normalized spacial score (nSPS) is 14.2. The van der Waals surface area contributed by atoms with E-state index in [2.05, 4.69) is 62.0 Å². The third-order valence-corrected chi connectivity index (χ3v) is 6.12. The van der Waals surface area contributed by atoms with Crippen LogP contribution in [0.3, 0.4) is 0 Å². The number of halogens is 3. The number of nitrogens with zero attached hydrogens (tertiary/aromatic N) is 6. The van der Waals surface area contributed by atoms with Crippen LogP contribution in [0.15, 0.2) is 54.7 Å². The van der Waals surface area contributed by atoms with Crippen LogP contribution in [0.2, 0.25) is 0 Å². The zero-order valence-corrected chi connectivity index (χ0v) is 20.7. The molecule has 1 aliphatic rings. The fraction of sp³-hybridized carbons (Fsp3) is 0.304. The molecule has 0 radical (unpaired) electrons. The van der Waals surface area contributed by atoms with Crippen molar-refractivity contribution in [3.8, 4) is 11.5 Å². The average Bonchev–Trinajstić information content (AvgIpc) is 3.44. The highest BCUT2D eigenvalue weighted by molar-refractivity contribution is 5.86. The molecule has 7 nitrogen and oxygen atoms in total. The second kappa shape index (κ2) is 10.3. The molecule has 0 amide bonds. The van der Waals surface area contributed by atoms with Gasteiger partial charge in [0.05, 0.1) is 35.3 Å². The standard InChI is InChI=1S/C23H24N6O.3ClH/c1-26-19-7-3-2-6-17(19)24-22(26)18-16-29-21-9-5-4-8-20(21)28(23(29)25-18)11-10-27-12-14-30-15-13-27;;;/h2-9,16H,10-15H2,1H3;3*1H. The van der Waals surface area contributed by atoms with E-state index in [4.69, 9.17) is 14.7 Å². The second-order valence-electron chi connectivity index (χ2n) is 7.87. The van der Waals surface area contributed by atoms with Gasteiger partial charge in [-0.3, -0.25) is 9.30 Å². The number of imidazole rings is 3. The monoisotopic (exact) mass is 508 g/mol. The van der Waals surface area contributed by atoms with Crippen LogP contribution in [0.5, 0.6) is 0 Å². The molecule has 0 spiro atoms. The summed E-state index contributed by atoms with van der Waals surface area (Å²) in [6.45, 7) is 5.52. The number of hydrogen-bond acceptors (Lipinski definition) is 4. The summed E-state index contributed by atoms with van der Waals surface area (Å²) in [6.07, 6.45) is 2.12. The Morgan fingerprint density at radius 2 is 1.48 bits per heavy atom. The number of rotatable bonds is 4. The molecule has 5 aromatic rings. The topological polar surface area (TPSA) is 52.5 Å². The predicted octanol–water partition coefficient (Wildman–Crippen LogP) is 4.44. The number of fused-ring (bicyclic) bond motifs is 4. The summed E-state index contributed by atoms with van der Waals surface area (Å²) in [5.41, 5.74) is 5.39. The first-order valence-corrected chi connectivity index (χ1v) is 10.5. The zero-order chi connectivity index (χ0) is 20.1. The van der Waals surface area contributed by atoms with Gasteiger partial charge in [0.2, 0.25) is 5.78 Å². The van der Waals surface area contributed by atoms with Crippen LogP contribution in [-0.4, -0.2) is 61.3 Å². The van der Waals surface area contributed by atoms with Gasteiger partial charge in [-0.1, -0.05) is 24.3 Å². The third kappa shape index (κ3) is 4.32. The lowest BCUT2D eigenvalue weighted by atomic mass is 10.3. The van der Waals surface area contributed by atoms with Crippen LogP contribution in [-0.2, 0) is 18.3 Å². The average molecular weight is 510 g/mol. The summed E-state index contributed by atoms with van der Waals surface area (Å²) in [5.74, 6) is 1.86. The molecule has 1 fully saturated rings. The molecule has 0 N–H and O–H groups in total. The first kappa shape index (κ1) is 25.3. The van der Waals surface area contributed by atoms with Gasteiger partial charge < -0.3 is 13.9 Å². The number of para-hydroxylation sites is 4. The Balaban J connectivity index is 0.00000102. The number of hydrogen-bond donors (Lipinski definition) is 0. The van der Waals surface area contributed by atoms with E-state index in [1.54, 1.807) is 0 Å². The molecular formula is C23H27Cl3N6O. The summed E-state index contributed by atoms with van der Waals surface area (Å²) in [4.78, 5) is 12.3. The van der Waals surface area contributed by atoms with Crippen molar-refractivity contribution in [1.29, 1.82) is 0 Å². The lowest BCUT2D eigenvalue weighted by molar-refractivity contribution is 0.0366. The molecular weight excluding hydrogens is 483 g/mol. The van der Waals surface area contributed by atoms with Crippen molar-refractivity contribution < 1.29 is 4.74 Å². The summed E-state index contributed by atoms with van der Waals surface area (Å²) >= 11 is 0. The largest absolute Gasteiger partial charge is 0.379 e. The van der Waals surface area contributed by atoms with Crippen LogP contribution in [0.25, 0.3) is 39.4 Å². The summed E-state index contributed by atoms with van der Waals surface area (Å²) in [6, 6.07) is 16.7. The molecule has 176 valence electrons. The van der Waals surface area contributed by atoms with Gasteiger partial charge in [0, 0.05) is 39.4 Å². The van der Waals surface area contributed by atoms with E-state index in [1.807, 2.05) is 18.2 Å². The van der Waals surface area contributed by atoms with Gasteiger partial charge in [0.1, 0.15) is 5.69 Å². The van der Waals surface area contributed by atoms with Gasteiger partial charge in [-0.05, 0) is 24.3 Å². The number of ether oxygens (including phenoxy) is 1. The Morgan fingerprint density at radius 1 is 0.818 bits per heavy atom. The molecule has 2 aromatic carbocycles. The first-order chi connectivity index (χ1) is 14.8. The van der Waals surface area contributed by atoms with E-state index in [0.717, 1.165) is 67.7 Å². The van der Waals surface area contributed by atoms with E-state index in [-0.39, 0.29) is 37.2 Å².